The lowest BCUT2D eigenvalue weighted by Gasteiger charge is -2.11. The topological polar surface area (TPSA) is 64.3 Å². The number of hydrogen-bond donors (Lipinski definition) is 2. The van der Waals surface area contributed by atoms with Crippen LogP contribution in [-0.2, 0) is 11.3 Å². The Morgan fingerprint density at radius 3 is 2.67 bits per heavy atom. The number of ether oxygens (including phenoxy) is 1. The fourth-order valence-electron chi connectivity index (χ4n) is 1.90. The SMILES string of the molecule is CCCOc1cccc(CNC(=O)C(/C=C(/F)CC)=C(/C)N)c1F. The fourth-order valence-corrected chi connectivity index (χ4v) is 1.90. The van der Waals surface area contributed by atoms with Crippen LogP contribution in [0.3, 0.4) is 0 Å². The van der Waals surface area contributed by atoms with Gasteiger partial charge in [0.15, 0.2) is 11.6 Å². The van der Waals surface area contributed by atoms with Crippen LogP contribution in [-0.4, -0.2) is 12.5 Å². The van der Waals surface area contributed by atoms with E-state index in [1.165, 1.54) is 13.0 Å². The molecule has 0 aromatic heterocycles. The maximum Gasteiger partial charge on any atom is 0.253 e. The summed E-state index contributed by atoms with van der Waals surface area (Å²) in [6.07, 6.45) is 2.02. The van der Waals surface area contributed by atoms with Crippen LogP contribution in [0, 0.1) is 5.82 Å². The summed E-state index contributed by atoms with van der Waals surface area (Å²) in [6, 6.07) is 4.73. The number of nitrogens with one attached hydrogen (secondary N) is 1. The van der Waals surface area contributed by atoms with Crippen molar-refractivity contribution in [2.45, 2.75) is 40.2 Å². The van der Waals surface area contributed by atoms with Gasteiger partial charge in [0.05, 0.1) is 12.2 Å². The third kappa shape index (κ3) is 5.68. The van der Waals surface area contributed by atoms with Gasteiger partial charge in [0.25, 0.3) is 5.91 Å². The first-order valence-corrected chi connectivity index (χ1v) is 7.91. The first-order chi connectivity index (χ1) is 11.4. The summed E-state index contributed by atoms with van der Waals surface area (Å²) in [5.41, 5.74) is 6.14. The van der Waals surface area contributed by atoms with Gasteiger partial charge in [-0.1, -0.05) is 26.0 Å². The van der Waals surface area contributed by atoms with Crippen LogP contribution in [0.1, 0.15) is 39.2 Å². The summed E-state index contributed by atoms with van der Waals surface area (Å²) in [6.45, 7) is 5.42. The standard InChI is InChI=1S/C18H24F2N2O2/c1-4-9-24-16-8-6-7-13(17(16)20)11-22-18(23)15(12(3)21)10-14(19)5-2/h6-8,10H,4-5,9,11,21H2,1-3H3,(H,22,23)/b14-10+,15-12-. The minimum Gasteiger partial charge on any atom is -0.491 e. The number of carbonyl (C=O) groups excluding carboxylic acids is 1. The van der Waals surface area contributed by atoms with Crippen LogP contribution in [0.4, 0.5) is 8.78 Å². The van der Waals surface area contributed by atoms with Gasteiger partial charge in [0.2, 0.25) is 0 Å². The molecule has 6 heteroatoms. The Kier molecular flexibility index (Phi) is 7.95. The van der Waals surface area contributed by atoms with Gasteiger partial charge in [-0.25, -0.2) is 8.78 Å². The fraction of sp³-hybridized carbons (Fsp3) is 0.389. The molecule has 0 radical (unpaired) electrons. The van der Waals surface area contributed by atoms with Crippen molar-refractivity contribution in [3.8, 4) is 5.75 Å². The minimum absolute atomic E-state index is 0.0353. The molecule has 1 rings (SSSR count). The van der Waals surface area contributed by atoms with Crippen molar-refractivity contribution in [1.29, 1.82) is 0 Å². The molecule has 0 saturated heterocycles. The maximum atomic E-state index is 14.3. The Hall–Kier alpha value is -2.37. The van der Waals surface area contributed by atoms with E-state index in [0.717, 1.165) is 12.5 Å². The van der Waals surface area contributed by atoms with E-state index in [4.69, 9.17) is 10.5 Å². The summed E-state index contributed by atoms with van der Waals surface area (Å²) in [7, 11) is 0. The Labute approximate surface area is 141 Å². The molecule has 0 aliphatic rings. The number of carbonyl (C=O) groups is 1. The third-order valence-electron chi connectivity index (χ3n) is 3.25. The van der Waals surface area contributed by atoms with Crippen molar-refractivity contribution in [2.75, 3.05) is 6.61 Å². The highest BCUT2D eigenvalue weighted by Gasteiger charge is 2.13. The van der Waals surface area contributed by atoms with Crippen molar-refractivity contribution in [3.05, 3.63) is 52.8 Å². The average Bonchev–Trinajstić information content (AvgIpc) is 2.56. The second kappa shape index (κ2) is 9.70. The normalized spacial score (nSPS) is 12.6. The molecular formula is C18H24F2N2O2. The smallest absolute Gasteiger partial charge is 0.253 e. The molecule has 1 amide bonds. The minimum atomic E-state index is -0.558. The Morgan fingerprint density at radius 2 is 2.08 bits per heavy atom. The second-order valence-corrected chi connectivity index (χ2v) is 5.30. The van der Waals surface area contributed by atoms with Crippen molar-refractivity contribution in [1.82, 2.24) is 5.32 Å². The molecule has 132 valence electrons. The highest BCUT2D eigenvalue weighted by Crippen LogP contribution is 2.21. The number of benzene rings is 1. The van der Waals surface area contributed by atoms with Crippen LogP contribution >= 0.6 is 0 Å². The van der Waals surface area contributed by atoms with Crippen LogP contribution in [0.25, 0.3) is 0 Å². The van der Waals surface area contributed by atoms with Gasteiger partial charge in [0, 0.05) is 17.8 Å². The van der Waals surface area contributed by atoms with Crippen LogP contribution < -0.4 is 15.8 Å². The molecule has 0 heterocycles. The summed E-state index contributed by atoms with van der Waals surface area (Å²) in [5, 5.41) is 2.55. The molecule has 24 heavy (non-hydrogen) atoms. The van der Waals surface area contributed by atoms with Gasteiger partial charge < -0.3 is 15.8 Å². The molecule has 0 aliphatic carbocycles. The van der Waals surface area contributed by atoms with Crippen molar-refractivity contribution < 1.29 is 18.3 Å². The largest absolute Gasteiger partial charge is 0.491 e. The van der Waals surface area contributed by atoms with Gasteiger partial charge in [-0.05, 0) is 31.9 Å². The molecule has 0 unspecified atom stereocenters. The van der Waals surface area contributed by atoms with Crippen LogP contribution in [0.2, 0.25) is 0 Å². The lowest BCUT2D eigenvalue weighted by atomic mass is 10.1. The molecule has 0 bridgehead atoms. The molecule has 3 N–H and O–H groups in total. The van der Waals surface area contributed by atoms with Crippen LogP contribution in [0.15, 0.2) is 41.4 Å². The zero-order chi connectivity index (χ0) is 18.1. The molecule has 0 spiro atoms. The third-order valence-corrected chi connectivity index (χ3v) is 3.25. The monoisotopic (exact) mass is 338 g/mol. The first kappa shape index (κ1) is 19.7. The van der Waals surface area contributed by atoms with Gasteiger partial charge in [-0.15, -0.1) is 0 Å². The lowest BCUT2D eigenvalue weighted by molar-refractivity contribution is -0.117. The summed E-state index contributed by atoms with van der Waals surface area (Å²) < 4.78 is 33.0. The second-order valence-electron chi connectivity index (χ2n) is 5.30. The Balaban J connectivity index is 2.85. The number of allylic oxidation sites excluding steroid dienone is 2. The number of hydrogen-bond acceptors (Lipinski definition) is 3. The molecule has 4 nitrogen and oxygen atoms in total. The molecule has 0 saturated carbocycles. The van der Waals surface area contributed by atoms with Crippen molar-refractivity contribution in [3.63, 3.8) is 0 Å². The Morgan fingerprint density at radius 1 is 1.38 bits per heavy atom. The number of rotatable bonds is 8. The van der Waals surface area contributed by atoms with E-state index in [1.807, 2.05) is 6.92 Å². The van der Waals surface area contributed by atoms with E-state index >= 15 is 0 Å². The summed E-state index contributed by atoms with van der Waals surface area (Å²) >= 11 is 0. The number of nitrogens with two attached hydrogens (primary N) is 1. The van der Waals surface area contributed by atoms with Gasteiger partial charge >= 0.3 is 0 Å². The average molecular weight is 338 g/mol. The molecule has 1 aromatic rings. The zero-order valence-electron chi connectivity index (χ0n) is 14.3. The molecule has 0 fully saturated rings. The molecule has 0 aliphatic heterocycles. The molecule has 0 atom stereocenters. The summed E-state index contributed by atoms with van der Waals surface area (Å²) in [5.74, 6) is -1.38. The summed E-state index contributed by atoms with van der Waals surface area (Å²) in [4.78, 5) is 12.2. The van der Waals surface area contributed by atoms with Gasteiger partial charge in [0.1, 0.15) is 5.83 Å². The quantitative estimate of drug-likeness (QED) is 0.561. The van der Waals surface area contributed by atoms with E-state index in [-0.39, 0.29) is 35.5 Å². The lowest BCUT2D eigenvalue weighted by Crippen LogP contribution is -2.26. The maximum absolute atomic E-state index is 14.3. The molecular weight excluding hydrogens is 314 g/mol. The van der Waals surface area contributed by atoms with E-state index in [2.05, 4.69) is 5.32 Å². The van der Waals surface area contributed by atoms with E-state index in [0.29, 0.717) is 6.61 Å². The molecule has 1 aromatic carbocycles. The first-order valence-electron chi connectivity index (χ1n) is 7.91. The van der Waals surface area contributed by atoms with E-state index in [1.54, 1.807) is 19.1 Å². The van der Waals surface area contributed by atoms with Crippen LogP contribution in [0.5, 0.6) is 5.75 Å². The van der Waals surface area contributed by atoms with Crippen molar-refractivity contribution >= 4 is 5.91 Å². The Bertz CT molecular complexity index is 636. The van der Waals surface area contributed by atoms with E-state index < -0.39 is 17.6 Å². The number of halogens is 2. The number of amides is 1. The van der Waals surface area contributed by atoms with Gasteiger partial charge in [-0.3, -0.25) is 4.79 Å². The van der Waals surface area contributed by atoms with Crippen molar-refractivity contribution in [2.24, 2.45) is 5.73 Å². The highest BCUT2D eigenvalue weighted by molar-refractivity contribution is 5.96. The zero-order valence-corrected chi connectivity index (χ0v) is 14.3. The predicted octanol–water partition coefficient (Wildman–Crippen LogP) is 3.73. The highest BCUT2D eigenvalue weighted by atomic mass is 19.1. The van der Waals surface area contributed by atoms with E-state index in [9.17, 15) is 13.6 Å². The predicted molar refractivity (Wildman–Crippen MR) is 90.4 cm³/mol. The van der Waals surface area contributed by atoms with Gasteiger partial charge in [-0.2, -0.15) is 0 Å².